The van der Waals surface area contributed by atoms with E-state index in [4.69, 9.17) is 10.5 Å². The van der Waals surface area contributed by atoms with Gasteiger partial charge in [-0.2, -0.15) is 0 Å². The molecule has 3 atom stereocenters. The van der Waals surface area contributed by atoms with Crippen molar-refractivity contribution >= 4 is 26.2 Å². The standard InChI is InChI=1S/C27H22F3NO2S/c1-34(2,32)18-8-5-15(6-9-18)17-4-3-16-7-10-26-20(19(16)11-17)13-25(31)27(33-26)21-12-23(29)24(30)14-22(21)28/h3-12,14,25,27H,1,13,31H2,2H3/t25-,27+,34?/m0/s1. The first kappa shape index (κ1) is 22.5. The van der Waals surface area contributed by atoms with Crippen LogP contribution in [-0.2, 0) is 15.9 Å². The van der Waals surface area contributed by atoms with E-state index in [1.807, 2.05) is 48.5 Å². The lowest BCUT2D eigenvalue weighted by atomic mass is 9.89. The fraction of sp³-hybridized carbons (Fsp3) is 0.148. The van der Waals surface area contributed by atoms with Crippen LogP contribution in [0.4, 0.5) is 13.2 Å². The second kappa shape index (κ2) is 8.18. The quantitative estimate of drug-likeness (QED) is 0.305. The minimum Gasteiger partial charge on any atom is -0.484 e. The summed E-state index contributed by atoms with van der Waals surface area (Å²) in [6, 6.07) is 17.8. The SMILES string of the molecule is C=S(C)(=O)c1ccc(-c2ccc3ccc4c(c3c2)C[C@H](N)[C@@H](c2cc(F)c(F)cc2F)O4)cc1. The van der Waals surface area contributed by atoms with E-state index < -0.39 is 39.1 Å². The minimum absolute atomic E-state index is 0.107. The van der Waals surface area contributed by atoms with Gasteiger partial charge in [0.05, 0.1) is 6.04 Å². The molecular weight excluding hydrogens is 459 g/mol. The molecule has 0 aliphatic carbocycles. The number of nitrogens with two attached hydrogens (primary N) is 1. The maximum absolute atomic E-state index is 14.4. The van der Waals surface area contributed by atoms with Crippen molar-refractivity contribution in [1.82, 2.24) is 0 Å². The summed E-state index contributed by atoms with van der Waals surface area (Å²) in [5, 5.41) is 1.93. The zero-order valence-corrected chi connectivity index (χ0v) is 19.2. The molecule has 1 unspecified atom stereocenters. The second-order valence-electron chi connectivity index (χ2n) is 8.70. The van der Waals surface area contributed by atoms with Crippen LogP contribution in [0, 0.1) is 17.5 Å². The van der Waals surface area contributed by atoms with Crippen LogP contribution in [0.1, 0.15) is 17.2 Å². The highest BCUT2D eigenvalue weighted by atomic mass is 32.2. The Hall–Kier alpha value is -3.29. The maximum Gasteiger partial charge on any atom is 0.161 e. The van der Waals surface area contributed by atoms with Gasteiger partial charge in [0.2, 0.25) is 0 Å². The molecule has 1 heterocycles. The molecule has 7 heteroatoms. The van der Waals surface area contributed by atoms with E-state index in [-0.39, 0.29) is 5.56 Å². The van der Waals surface area contributed by atoms with Crippen LogP contribution in [0.3, 0.4) is 0 Å². The molecule has 34 heavy (non-hydrogen) atoms. The van der Waals surface area contributed by atoms with Crippen molar-refractivity contribution in [2.45, 2.75) is 23.5 Å². The number of benzene rings is 4. The van der Waals surface area contributed by atoms with E-state index >= 15 is 0 Å². The van der Waals surface area contributed by atoms with Crippen LogP contribution >= 0.6 is 0 Å². The van der Waals surface area contributed by atoms with Gasteiger partial charge in [-0.25, -0.2) is 13.2 Å². The Labute approximate surface area is 196 Å². The Bertz CT molecular complexity index is 1530. The van der Waals surface area contributed by atoms with Gasteiger partial charge in [-0.3, -0.25) is 4.21 Å². The molecule has 0 fully saturated rings. The van der Waals surface area contributed by atoms with Crippen LogP contribution in [0.5, 0.6) is 5.75 Å². The van der Waals surface area contributed by atoms with E-state index in [1.54, 1.807) is 12.3 Å². The van der Waals surface area contributed by atoms with E-state index in [1.165, 1.54) is 0 Å². The van der Waals surface area contributed by atoms with E-state index in [2.05, 4.69) is 5.87 Å². The molecule has 0 spiro atoms. The molecule has 3 nitrogen and oxygen atoms in total. The molecule has 0 saturated carbocycles. The summed E-state index contributed by atoms with van der Waals surface area (Å²) < 4.78 is 59.8. The average Bonchev–Trinajstić information content (AvgIpc) is 2.80. The summed E-state index contributed by atoms with van der Waals surface area (Å²) in [6.07, 6.45) is 1.03. The van der Waals surface area contributed by atoms with Crippen molar-refractivity contribution in [3.63, 3.8) is 0 Å². The molecule has 0 bridgehead atoms. The Balaban J connectivity index is 1.55. The molecular formula is C27H22F3NO2S. The van der Waals surface area contributed by atoms with Gasteiger partial charge in [0, 0.05) is 28.3 Å². The van der Waals surface area contributed by atoms with Crippen molar-refractivity contribution < 1.29 is 22.1 Å². The number of ether oxygens (including phenoxy) is 1. The van der Waals surface area contributed by atoms with Crippen molar-refractivity contribution in [1.29, 1.82) is 0 Å². The van der Waals surface area contributed by atoms with E-state index in [0.29, 0.717) is 23.1 Å². The largest absolute Gasteiger partial charge is 0.484 e. The van der Waals surface area contributed by atoms with Crippen molar-refractivity contribution in [3.8, 4) is 16.9 Å². The Kier molecular flexibility index (Phi) is 5.41. The maximum atomic E-state index is 14.4. The predicted octanol–water partition coefficient (Wildman–Crippen LogP) is 5.63. The van der Waals surface area contributed by atoms with E-state index in [0.717, 1.165) is 33.5 Å². The van der Waals surface area contributed by atoms with Crippen LogP contribution in [0.25, 0.3) is 21.9 Å². The smallest absolute Gasteiger partial charge is 0.161 e. The molecule has 1 aliphatic rings. The number of halogens is 3. The zero-order chi connectivity index (χ0) is 24.2. The summed E-state index contributed by atoms with van der Waals surface area (Å²) in [5.41, 5.74) is 9.02. The topological polar surface area (TPSA) is 52.3 Å². The molecule has 2 N–H and O–H groups in total. The average molecular weight is 482 g/mol. The number of fused-ring (bicyclic) bond motifs is 3. The van der Waals surface area contributed by atoms with Crippen LogP contribution in [-0.4, -0.2) is 22.4 Å². The highest BCUT2D eigenvalue weighted by Crippen LogP contribution is 2.40. The highest BCUT2D eigenvalue weighted by molar-refractivity contribution is 7.99. The molecule has 4 aromatic rings. The lowest BCUT2D eigenvalue weighted by Crippen LogP contribution is -2.38. The Morgan fingerprint density at radius 1 is 0.912 bits per heavy atom. The van der Waals surface area contributed by atoms with Gasteiger partial charge < -0.3 is 10.5 Å². The van der Waals surface area contributed by atoms with Gasteiger partial charge in [0.1, 0.15) is 17.7 Å². The minimum atomic E-state index is -2.29. The molecule has 4 aromatic carbocycles. The number of rotatable bonds is 3. The second-order valence-corrected chi connectivity index (χ2v) is 11.2. The van der Waals surface area contributed by atoms with Gasteiger partial charge in [0.15, 0.2) is 11.6 Å². The normalized spacial score (nSPS) is 19.3. The molecule has 1 aliphatic heterocycles. The first-order valence-corrected chi connectivity index (χ1v) is 12.8. The van der Waals surface area contributed by atoms with Gasteiger partial charge in [-0.15, -0.1) is 0 Å². The van der Waals surface area contributed by atoms with Gasteiger partial charge in [-0.05, 0) is 74.0 Å². The molecule has 0 amide bonds. The summed E-state index contributed by atoms with van der Waals surface area (Å²) in [4.78, 5) is 0.685. The lowest BCUT2D eigenvalue weighted by Gasteiger charge is -2.32. The Morgan fingerprint density at radius 2 is 1.56 bits per heavy atom. The monoisotopic (exact) mass is 481 g/mol. The zero-order valence-electron chi connectivity index (χ0n) is 18.4. The summed E-state index contributed by atoms with van der Waals surface area (Å²) in [6.45, 7) is 0. The summed E-state index contributed by atoms with van der Waals surface area (Å²) >= 11 is 0. The fourth-order valence-electron chi connectivity index (χ4n) is 4.41. The first-order valence-electron chi connectivity index (χ1n) is 10.7. The van der Waals surface area contributed by atoms with Crippen molar-refractivity contribution in [2.24, 2.45) is 5.73 Å². The summed E-state index contributed by atoms with van der Waals surface area (Å²) in [5.74, 6) is 0.948. The number of hydrogen-bond acceptors (Lipinski definition) is 3. The molecule has 174 valence electrons. The van der Waals surface area contributed by atoms with Crippen LogP contribution in [0.15, 0.2) is 71.6 Å². The lowest BCUT2D eigenvalue weighted by molar-refractivity contribution is 0.149. The number of hydrogen-bond donors (Lipinski definition) is 1. The Morgan fingerprint density at radius 3 is 2.26 bits per heavy atom. The van der Waals surface area contributed by atoms with Crippen molar-refractivity contribution in [3.05, 3.63) is 95.3 Å². The molecule has 0 radical (unpaired) electrons. The van der Waals surface area contributed by atoms with Gasteiger partial charge >= 0.3 is 0 Å². The summed E-state index contributed by atoms with van der Waals surface area (Å²) in [7, 11) is -2.29. The molecule has 0 saturated heterocycles. The third-order valence-corrected chi connectivity index (χ3v) is 7.47. The van der Waals surface area contributed by atoms with Gasteiger partial charge in [-0.1, -0.05) is 30.3 Å². The third-order valence-electron chi connectivity index (χ3n) is 6.21. The third kappa shape index (κ3) is 3.95. The fourth-order valence-corrected chi connectivity index (χ4v) is 5.13. The van der Waals surface area contributed by atoms with Crippen LogP contribution < -0.4 is 10.5 Å². The van der Waals surface area contributed by atoms with Gasteiger partial charge in [0.25, 0.3) is 0 Å². The first-order chi connectivity index (χ1) is 16.1. The molecule has 5 rings (SSSR count). The van der Waals surface area contributed by atoms with E-state index in [9.17, 15) is 17.4 Å². The molecule has 0 aromatic heterocycles. The van der Waals surface area contributed by atoms with Crippen molar-refractivity contribution in [2.75, 3.05) is 6.26 Å². The van der Waals surface area contributed by atoms with Crippen LogP contribution in [0.2, 0.25) is 0 Å². The highest BCUT2D eigenvalue weighted by Gasteiger charge is 2.32. The predicted molar refractivity (Wildman–Crippen MR) is 130 cm³/mol.